The number of hydrogen-bond acceptors (Lipinski definition) is 3. The summed E-state index contributed by atoms with van der Waals surface area (Å²) in [7, 11) is 0. The van der Waals surface area contributed by atoms with Gasteiger partial charge in [-0.25, -0.2) is 4.79 Å². The van der Waals surface area contributed by atoms with E-state index in [1.807, 2.05) is 42.5 Å². The van der Waals surface area contributed by atoms with E-state index in [0.717, 1.165) is 40.9 Å². The molecule has 29 heavy (non-hydrogen) atoms. The highest BCUT2D eigenvalue weighted by Crippen LogP contribution is 2.33. The third-order valence-corrected chi connectivity index (χ3v) is 5.49. The molecule has 4 nitrogen and oxygen atoms in total. The van der Waals surface area contributed by atoms with Crippen molar-refractivity contribution >= 4 is 11.0 Å². The zero-order valence-corrected chi connectivity index (χ0v) is 16.3. The second-order valence-corrected chi connectivity index (χ2v) is 7.64. The molecule has 3 aromatic carbocycles. The number of aryl methyl sites for hydroxylation is 1. The summed E-state index contributed by atoms with van der Waals surface area (Å²) in [6.45, 7) is 4.30. The first kappa shape index (κ1) is 17.7. The molecular formula is C25H22NO3+. The molecule has 0 fully saturated rings. The Bertz CT molecular complexity index is 1230. The van der Waals surface area contributed by atoms with Crippen molar-refractivity contribution in [3.05, 3.63) is 99.9 Å². The van der Waals surface area contributed by atoms with Crippen LogP contribution in [0.4, 0.5) is 0 Å². The van der Waals surface area contributed by atoms with Crippen LogP contribution >= 0.6 is 0 Å². The minimum absolute atomic E-state index is 0.338. The molecule has 0 saturated carbocycles. The van der Waals surface area contributed by atoms with Crippen molar-refractivity contribution in [2.45, 2.75) is 20.0 Å². The summed E-state index contributed by atoms with van der Waals surface area (Å²) < 4.78 is 11.7. The Kier molecular flexibility index (Phi) is 4.41. The van der Waals surface area contributed by atoms with Crippen molar-refractivity contribution in [2.24, 2.45) is 0 Å². The van der Waals surface area contributed by atoms with Gasteiger partial charge in [0.05, 0.1) is 5.56 Å². The van der Waals surface area contributed by atoms with Gasteiger partial charge in [0.1, 0.15) is 18.8 Å². The van der Waals surface area contributed by atoms with Gasteiger partial charge in [0.25, 0.3) is 0 Å². The third kappa shape index (κ3) is 3.43. The van der Waals surface area contributed by atoms with Crippen LogP contribution in [0.5, 0.6) is 5.75 Å². The molecule has 2 heterocycles. The quantitative estimate of drug-likeness (QED) is 0.548. The Balaban J connectivity index is 1.56. The van der Waals surface area contributed by atoms with Gasteiger partial charge in [-0.15, -0.1) is 0 Å². The predicted octanol–water partition coefficient (Wildman–Crippen LogP) is 3.70. The zero-order valence-electron chi connectivity index (χ0n) is 16.3. The molecule has 4 aromatic rings. The molecule has 1 aromatic heterocycles. The number of hydrogen-bond donors (Lipinski definition) is 1. The van der Waals surface area contributed by atoms with Gasteiger partial charge in [0, 0.05) is 17.0 Å². The lowest BCUT2D eigenvalue weighted by atomic mass is 9.99. The SMILES string of the molecule is Cc1ccc(C[NH+]2COc3ccc4c(-c5ccccc5)cc(=O)oc4c3C2)cc1. The molecule has 1 N–H and O–H groups in total. The summed E-state index contributed by atoms with van der Waals surface area (Å²) in [6, 6.07) is 24.1. The van der Waals surface area contributed by atoms with Crippen LogP contribution in [-0.4, -0.2) is 6.73 Å². The second-order valence-electron chi connectivity index (χ2n) is 7.64. The van der Waals surface area contributed by atoms with Gasteiger partial charge in [0.2, 0.25) is 6.73 Å². The fourth-order valence-electron chi connectivity index (χ4n) is 4.01. The van der Waals surface area contributed by atoms with Gasteiger partial charge in [-0.2, -0.15) is 0 Å². The predicted molar refractivity (Wildman–Crippen MR) is 113 cm³/mol. The Hall–Kier alpha value is -3.37. The van der Waals surface area contributed by atoms with E-state index < -0.39 is 0 Å². The van der Waals surface area contributed by atoms with E-state index in [9.17, 15) is 4.79 Å². The lowest BCUT2D eigenvalue weighted by Crippen LogP contribution is -3.10. The van der Waals surface area contributed by atoms with Crippen molar-refractivity contribution in [1.82, 2.24) is 0 Å². The minimum atomic E-state index is -0.338. The van der Waals surface area contributed by atoms with Crippen LogP contribution in [0.2, 0.25) is 0 Å². The molecule has 0 radical (unpaired) electrons. The first-order valence-electron chi connectivity index (χ1n) is 9.84. The molecule has 0 aliphatic carbocycles. The zero-order chi connectivity index (χ0) is 19.8. The van der Waals surface area contributed by atoms with Crippen LogP contribution in [0.15, 0.2) is 82.0 Å². The first-order chi connectivity index (χ1) is 14.2. The van der Waals surface area contributed by atoms with Crippen LogP contribution in [0.3, 0.4) is 0 Å². The number of fused-ring (bicyclic) bond motifs is 3. The fourth-order valence-corrected chi connectivity index (χ4v) is 4.01. The van der Waals surface area contributed by atoms with Gasteiger partial charge >= 0.3 is 5.63 Å². The van der Waals surface area contributed by atoms with Crippen molar-refractivity contribution in [3.63, 3.8) is 0 Å². The highest BCUT2D eigenvalue weighted by molar-refractivity contribution is 5.95. The lowest BCUT2D eigenvalue weighted by molar-refractivity contribution is -0.945. The Labute approximate surface area is 169 Å². The molecule has 144 valence electrons. The third-order valence-electron chi connectivity index (χ3n) is 5.49. The van der Waals surface area contributed by atoms with Crippen LogP contribution in [0.1, 0.15) is 16.7 Å². The normalized spacial score (nSPS) is 15.7. The summed E-state index contributed by atoms with van der Waals surface area (Å²) in [6.07, 6.45) is 0. The van der Waals surface area contributed by atoms with E-state index in [1.54, 1.807) is 6.07 Å². The molecule has 1 aliphatic heterocycles. The molecule has 1 aliphatic rings. The molecule has 0 bridgehead atoms. The maximum absolute atomic E-state index is 12.4. The van der Waals surface area contributed by atoms with Crippen LogP contribution < -0.4 is 15.3 Å². The number of benzene rings is 3. The van der Waals surface area contributed by atoms with Crippen LogP contribution in [0, 0.1) is 6.92 Å². The fraction of sp³-hybridized carbons (Fsp3) is 0.160. The smallest absolute Gasteiger partial charge is 0.336 e. The molecular weight excluding hydrogens is 362 g/mol. The highest BCUT2D eigenvalue weighted by atomic mass is 16.5. The van der Waals surface area contributed by atoms with Crippen molar-refractivity contribution in [1.29, 1.82) is 0 Å². The van der Waals surface area contributed by atoms with Gasteiger partial charge in [-0.05, 0) is 30.2 Å². The van der Waals surface area contributed by atoms with Gasteiger partial charge in [0.15, 0.2) is 5.58 Å². The number of ether oxygens (including phenoxy) is 1. The molecule has 4 heteroatoms. The van der Waals surface area contributed by atoms with Crippen LogP contribution in [-0.2, 0) is 13.1 Å². The van der Waals surface area contributed by atoms with E-state index in [4.69, 9.17) is 9.15 Å². The second kappa shape index (κ2) is 7.22. The monoisotopic (exact) mass is 384 g/mol. The Morgan fingerprint density at radius 3 is 2.55 bits per heavy atom. The topological polar surface area (TPSA) is 43.9 Å². The molecule has 0 spiro atoms. The molecule has 0 amide bonds. The van der Waals surface area contributed by atoms with Crippen molar-refractivity contribution in [3.8, 4) is 16.9 Å². The van der Waals surface area contributed by atoms with E-state index in [2.05, 4.69) is 31.2 Å². The standard InChI is InChI=1S/C25H21NO3/c1-17-7-9-18(10-8-17)14-26-15-22-23(28-16-26)12-11-20-21(13-24(27)29-25(20)22)19-5-3-2-4-6-19/h2-13H,14-16H2,1H3/p+1. The highest BCUT2D eigenvalue weighted by Gasteiger charge is 2.25. The van der Waals surface area contributed by atoms with Gasteiger partial charge < -0.3 is 9.15 Å². The van der Waals surface area contributed by atoms with Crippen molar-refractivity contribution in [2.75, 3.05) is 6.73 Å². The number of nitrogens with one attached hydrogen (secondary N) is 1. The Morgan fingerprint density at radius 2 is 1.76 bits per heavy atom. The number of rotatable bonds is 3. The molecule has 5 rings (SSSR count). The summed E-state index contributed by atoms with van der Waals surface area (Å²) in [5, 5.41) is 0.940. The average Bonchev–Trinajstić information content (AvgIpc) is 2.75. The first-order valence-corrected chi connectivity index (χ1v) is 9.84. The van der Waals surface area contributed by atoms with E-state index in [-0.39, 0.29) is 5.63 Å². The van der Waals surface area contributed by atoms with E-state index in [1.165, 1.54) is 16.0 Å². The van der Waals surface area contributed by atoms with Crippen LogP contribution in [0.25, 0.3) is 22.1 Å². The molecule has 0 saturated heterocycles. The van der Waals surface area contributed by atoms with E-state index in [0.29, 0.717) is 12.3 Å². The van der Waals surface area contributed by atoms with Gasteiger partial charge in [-0.1, -0.05) is 60.2 Å². The largest absolute Gasteiger partial charge is 0.445 e. The number of quaternary nitrogens is 1. The van der Waals surface area contributed by atoms with E-state index >= 15 is 0 Å². The maximum atomic E-state index is 12.4. The van der Waals surface area contributed by atoms with Crippen molar-refractivity contribution < 1.29 is 14.1 Å². The summed E-state index contributed by atoms with van der Waals surface area (Å²) in [4.78, 5) is 13.6. The molecule has 1 unspecified atom stereocenters. The lowest BCUT2D eigenvalue weighted by Gasteiger charge is -2.26. The summed E-state index contributed by atoms with van der Waals surface area (Å²) in [5.41, 5.74) is 5.68. The molecule has 1 atom stereocenters. The van der Waals surface area contributed by atoms with Gasteiger partial charge in [-0.3, -0.25) is 4.90 Å². The Morgan fingerprint density at radius 1 is 0.966 bits per heavy atom. The average molecular weight is 384 g/mol. The summed E-state index contributed by atoms with van der Waals surface area (Å²) in [5.74, 6) is 0.804. The minimum Gasteiger partial charge on any atom is -0.445 e. The maximum Gasteiger partial charge on any atom is 0.336 e. The summed E-state index contributed by atoms with van der Waals surface area (Å²) >= 11 is 0.